The molecule has 3 N–H and O–H groups in total. The standard InChI is InChI=1S/C26H24F2N8O2/c1-3-22(37)31-20-12-15(4-6-18(20)27)23-32-24-17(25(38)33-23)14-29-26(34-24)30-16-5-7-21(19(28)13-16)36-10-8-35(2)9-11-36/h3-7,12-14H,1,8-11H2,2H3,(H,31,37)(H2,29,30,32,33,34,38). The van der Waals surface area contributed by atoms with Gasteiger partial charge in [0.25, 0.3) is 5.56 Å². The average molecular weight is 519 g/mol. The number of carbonyl (C=O) groups excluding carboxylic acids is 1. The first-order valence-corrected chi connectivity index (χ1v) is 11.8. The third-order valence-corrected chi connectivity index (χ3v) is 6.19. The molecule has 0 saturated carbocycles. The van der Waals surface area contributed by atoms with Crippen LogP contribution in [0.4, 0.5) is 31.8 Å². The van der Waals surface area contributed by atoms with Crippen LogP contribution in [0.5, 0.6) is 0 Å². The number of rotatable bonds is 6. The van der Waals surface area contributed by atoms with Gasteiger partial charge in [0.05, 0.1) is 11.4 Å². The summed E-state index contributed by atoms with van der Waals surface area (Å²) in [5.41, 5.74) is 0.799. The number of nitrogens with zero attached hydrogens (tertiary/aromatic N) is 5. The smallest absolute Gasteiger partial charge is 0.262 e. The van der Waals surface area contributed by atoms with Crippen LogP contribution in [0.1, 0.15) is 0 Å². The zero-order chi connectivity index (χ0) is 26.8. The highest BCUT2D eigenvalue weighted by molar-refractivity contribution is 5.99. The van der Waals surface area contributed by atoms with Gasteiger partial charge in [-0.2, -0.15) is 4.98 Å². The molecule has 38 heavy (non-hydrogen) atoms. The molecule has 4 aromatic rings. The summed E-state index contributed by atoms with van der Waals surface area (Å²) in [5.74, 6) is -1.38. The number of benzene rings is 2. The number of carbonyl (C=O) groups is 1. The molecule has 12 heteroatoms. The van der Waals surface area contributed by atoms with Crippen molar-refractivity contribution in [2.75, 3.05) is 48.8 Å². The second-order valence-corrected chi connectivity index (χ2v) is 8.81. The van der Waals surface area contributed by atoms with Crippen molar-refractivity contribution in [3.63, 3.8) is 0 Å². The van der Waals surface area contributed by atoms with Gasteiger partial charge in [-0.05, 0) is 49.5 Å². The van der Waals surface area contributed by atoms with E-state index in [1.807, 2.05) is 11.9 Å². The van der Waals surface area contributed by atoms with Gasteiger partial charge >= 0.3 is 0 Å². The molecule has 194 valence electrons. The highest BCUT2D eigenvalue weighted by Crippen LogP contribution is 2.26. The van der Waals surface area contributed by atoms with Crippen molar-refractivity contribution in [3.05, 3.63) is 77.2 Å². The fraction of sp³-hybridized carbons (Fsp3) is 0.192. The second-order valence-electron chi connectivity index (χ2n) is 8.81. The number of piperazine rings is 1. The monoisotopic (exact) mass is 518 g/mol. The van der Waals surface area contributed by atoms with Crippen LogP contribution < -0.4 is 21.1 Å². The van der Waals surface area contributed by atoms with E-state index in [1.54, 1.807) is 12.1 Å². The Labute approximate surface area is 216 Å². The van der Waals surface area contributed by atoms with Crippen LogP contribution in [0.3, 0.4) is 0 Å². The first-order chi connectivity index (χ1) is 18.3. The average Bonchev–Trinajstić information content (AvgIpc) is 2.90. The fourth-order valence-electron chi connectivity index (χ4n) is 4.09. The van der Waals surface area contributed by atoms with E-state index in [1.165, 1.54) is 24.4 Å². The number of hydrogen-bond donors (Lipinski definition) is 3. The van der Waals surface area contributed by atoms with Crippen LogP contribution >= 0.6 is 0 Å². The Morgan fingerprint density at radius 2 is 1.87 bits per heavy atom. The fourth-order valence-corrected chi connectivity index (χ4v) is 4.09. The number of halogens is 2. The summed E-state index contributed by atoms with van der Waals surface area (Å²) in [7, 11) is 2.04. The van der Waals surface area contributed by atoms with Crippen molar-refractivity contribution >= 4 is 40.0 Å². The SMILES string of the molecule is C=CC(=O)Nc1cc(-c2nc3nc(Nc4ccc(N5CCN(C)CC5)c(F)c4)ncc3c(=O)[nH]2)ccc1F. The third kappa shape index (κ3) is 5.20. The predicted octanol–water partition coefficient (Wildman–Crippen LogP) is 3.28. The van der Waals surface area contributed by atoms with E-state index in [2.05, 4.69) is 42.0 Å². The summed E-state index contributed by atoms with van der Waals surface area (Å²) in [6, 6.07) is 8.71. The van der Waals surface area contributed by atoms with Gasteiger partial charge in [0.2, 0.25) is 11.9 Å². The molecule has 3 heterocycles. The van der Waals surface area contributed by atoms with Gasteiger partial charge in [-0.15, -0.1) is 0 Å². The van der Waals surface area contributed by atoms with Crippen LogP contribution in [-0.4, -0.2) is 64.0 Å². The number of likely N-dealkylation sites (N-methyl/N-ethyl adjacent to an activating group) is 1. The van der Waals surface area contributed by atoms with Crippen molar-refractivity contribution in [1.82, 2.24) is 24.8 Å². The van der Waals surface area contributed by atoms with Crippen molar-refractivity contribution in [2.24, 2.45) is 0 Å². The number of aromatic amines is 1. The van der Waals surface area contributed by atoms with E-state index in [9.17, 15) is 18.4 Å². The van der Waals surface area contributed by atoms with E-state index >= 15 is 0 Å². The molecule has 1 aliphatic heterocycles. The number of fused-ring (bicyclic) bond motifs is 1. The molecule has 0 radical (unpaired) electrons. The Morgan fingerprint density at radius 3 is 2.61 bits per heavy atom. The Kier molecular flexibility index (Phi) is 6.79. The maximum Gasteiger partial charge on any atom is 0.262 e. The molecule has 0 aliphatic carbocycles. The van der Waals surface area contributed by atoms with E-state index in [-0.39, 0.29) is 34.3 Å². The van der Waals surface area contributed by atoms with E-state index in [4.69, 9.17) is 0 Å². The maximum atomic E-state index is 14.9. The van der Waals surface area contributed by atoms with Gasteiger partial charge in [0.1, 0.15) is 22.8 Å². The van der Waals surface area contributed by atoms with Crippen LogP contribution in [0.25, 0.3) is 22.4 Å². The Balaban J connectivity index is 1.42. The molecule has 0 bridgehead atoms. The first kappa shape index (κ1) is 25.0. The number of anilines is 4. The zero-order valence-electron chi connectivity index (χ0n) is 20.5. The third-order valence-electron chi connectivity index (χ3n) is 6.19. The van der Waals surface area contributed by atoms with Gasteiger partial charge in [-0.3, -0.25) is 9.59 Å². The molecule has 0 atom stereocenters. The quantitative estimate of drug-likeness (QED) is 0.333. The lowest BCUT2D eigenvalue weighted by molar-refractivity contribution is -0.111. The van der Waals surface area contributed by atoms with Crippen LogP contribution in [0.2, 0.25) is 0 Å². The van der Waals surface area contributed by atoms with E-state index in [0.717, 1.165) is 38.3 Å². The Morgan fingerprint density at radius 1 is 1.08 bits per heavy atom. The highest BCUT2D eigenvalue weighted by Gasteiger charge is 2.18. The Bertz CT molecular complexity index is 1600. The van der Waals surface area contributed by atoms with Crippen LogP contribution in [-0.2, 0) is 4.79 Å². The van der Waals surface area contributed by atoms with Gasteiger partial charge < -0.3 is 25.4 Å². The number of amides is 1. The minimum atomic E-state index is -0.660. The molecule has 2 aromatic carbocycles. The topological polar surface area (TPSA) is 119 Å². The zero-order valence-corrected chi connectivity index (χ0v) is 20.5. The van der Waals surface area contributed by atoms with Gasteiger partial charge in [0, 0.05) is 43.6 Å². The van der Waals surface area contributed by atoms with Gasteiger partial charge in [0.15, 0.2) is 5.65 Å². The van der Waals surface area contributed by atoms with Gasteiger partial charge in [-0.25, -0.2) is 18.7 Å². The first-order valence-electron chi connectivity index (χ1n) is 11.8. The van der Waals surface area contributed by atoms with Crippen LogP contribution in [0.15, 0.2) is 60.0 Å². The number of hydrogen-bond acceptors (Lipinski definition) is 8. The summed E-state index contributed by atoms with van der Waals surface area (Å²) in [4.78, 5) is 44.0. The summed E-state index contributed by atoms with van der Waals surface area (Å²) in [6.45, 7) is 6.55. The minimum Gasteiger partial charge on any atom is -0.367 e. The molecule has 1 aliphatic rings. The molecular weight excluding hydrogens is 494 g/mol. The van der Waals surface area contributed by atoms with Crippen LogP contribution in [0, 0.1) is 11.6 Å². The molecule has 1 fully saturated rings. The van der Waals surface area contributed by atoms with E-state index in [0.29, 0.717) is 16.9 Å². The number of aromatic nitrogens is 4. The molecule has 0 spiro atoms. The lowest BCUT2D eigenvalue weighted by Crippen LogP contribution is -2.44. The molecule has 10 nitrogen and oxygen atoms in total. The maximum absolute atomic E-state index is 14.9. The summed E-state index contributed by atoms with van der Waals surface area (Å²) < 4.78 is 29.0. The predicted molar refractivity (Wildman–Crippen MR) is 142 cm³/mol. The van der Waals surface area contributed by atoms with Gasteiger partial charge in [-0.1, -0.05) is 6.58 Å². The number of nitrogens with one attached hydrogen (secondary N) is 3. The molecule has 1 amide bonds. The highest BCUT2D eigenvalue weighted by atomic mass is 19.1. The van der Waals surface area contributed by atoms with Crippen molar-refractivity contribution in [3.8, 4) is 11.4 Å². The minimum absolute atomic E-state index is 0.0804. The summed E-state index contributed by atoms with van der Waals surface area (Å²) >= 11 is 0. The normalized spacial score (nSPS) is 13.9. The molecule has 2 aromatic heterocycles. The van der Waals surface area contributed by atoms with Crippen molar-refractivity contribution in [1.29, 1.82) is 0 Å². The largest absolute Gasteiger partial charge is 0.367 e. The Hall–Kier alpha value is -4.71. The number of H-pyrrole nitrogens is 1. The summed E-state index contributed by atoms with van der Waals surface area (Å²) in [5, 5.41) is 5.45. The molecular formula is C26H24F2N8O2. The summed E-state index contributed by atoms with van der Waals surface area (Å²) in [6.07, 6.45) is 2.33. The molecule has 5 rings (SSSR count). The second kappa shape index (κ2) is 10.3. The molecule has 1 saturated heterocycles. The lowest BCUT2D eigenvalue weighted by Gasteiger charge is -2.34. The van der Waals surface area contributed by atoms with Crippen molar-refractivity contribution in [2.45, 2.75) is 0 Å². The van der Waals surface area contributed by atoms with E-state index < -0.39 is 17.3 Å². The lowest BCUT2D eigenvalue weighted by atomic mass is 10.1. The molecule has 0 unspecified atom stereocenters. The van der Waals surface area contributed by atoms with Crippen molar-refractivity contribution < 1.29 is 13.6 Å².